The topological polar surface area (TPSA) is 40.7 Å². The Labute approximate surface area is 85.3 Å². The van der Waals surface area contributed by atoms with Gasteiger partial charge in [0.2, 0.25) is 0 Å². The number of piperidine rings is 1. The largest absolute Gasteiger partial charge is 0.316 e. The third-order valence-corrected chi connectivity index (χ3v) is 2.98. The molecule has 1 aliphatic heterocycles. The highest BCUT2D eigenvalue weighted by molar-refractivity contribution is 5.21. The fourth-order valence-electron chi connectivity index (χ4n) is 2.24. The highest BCUT2D eigenvalue weighted by Gasteiger charge is 2.19. The van der Waals surface area contributed by atoms with Crippen LogP contribution in [-0.2, 0) is 6.42 Å². The van der Waals surface area contributed by atoms with Gasteiger partial charge in [0, 0.05) is 18.2 Å². The first kappa shape index (κ1) is 9.71. The lowest BCUT2D eigenvalue weighted by Gasteiger charge is -2.22. The molecule has 1 atom stereocenters. The van der Waals surface area contributed by atoms with Gasteiger partial charge in [0.1, 0.15) is 0 Å². The summed E-state index contributed by atoms with van der Waals surface area (Å²) in [7, 11) is 0. The molecule has 2 heterocycles. The van der Waals surface area contributed by atoms with Crippen molar-refractivity contribution in [3.05, 3.63) is 17.5 Å². The molecule has 1 aromatic rings. The van der Waals surface area contributed by atoms with Gasteiger partial charge in [-0.05, 0) is 31.4 Å². The number of aromatic nitrogens is 2. The summed E-state index contributed by atoms with van der Waals surface area (Å²) < 4.78 is 0. The van der Waals surface area contributed by atoms with E-state index < -0.39 is 0 Å². The van der Waals surface area contributed by atoms with E-state index in [0.29, 0.717) is 5.92 Å². The SMILES string of the molecule is CCCc1cn[nH]c1C1CCCNC1. The van der Waals surface area contributed by atoms with E-state index in [2.05, 4.69) is 22.4 Å². The predicted octanol–water partition coefficient (Wildman–Crippen LogP) is 1.83. The molecule has 14 heavy (non-hydrogen) atoms. The van der Waals surface area contributed by atoms with Crippen molar-refractivity contribution < 1.29 is 0 Å². The smallest absolute Gasteiger partial charge is 0.0522 e. The zero-order valence-electron chi connectivity index (χ0n) is 8.84. The zero-order chi connectivity index (χ0) is 9.80. The van der Waals surface area contributed by atoms with Crippen molar-refractivity contribution in [3.63, 3.8) is 0 Å². The van der Waals surface area contributed by atoms with Crippen molar-refractivity contribution in [1.29, 1.82) is 0 Å². The summed E-state index contributed by atoms with van der Waals surface area (Å²) in [6.07, 6.45) is 6.93. The third-order valence-electron chi connectivity index (χ3n) is 2.98. The number of rotatable bonds is 3. The first-order valence-electron chi connectivity index (χ1n) is 5.64. The molecular weight excluding hydrogens is 174 g/mol. The van der Waals surface area contributed by atoms with Gasteiger partial charge in [-0.25, -0.2) is 0 Å². The second-order valence-corrected chi connectivity index (χ2v) is 4.10. The van der Waals surface area contributed by atoms with Crippen molar-refractivity contribution in [3.8, 4) is 0 Å². The molecule has 2 rings (SSSR count). The number of hydrogen-bond acceptors (Lipinski definition) is 2. The van der Waals surface area contributed by atoms with Gasteiger partial charge in [-0.2, -0.15) is 5.10 Å². The van der Waals surface area contributed by atoms with Crippen molar-refractivity contribution in [2.75, 3.05) is 13.1 Å². The van der Waals surface area contributed by atoms with Gasteiger partial charge in [0.15, 0.2) is 0 Å². The first-order chi connectivity index (χ1) is 6.92. The minimum Gasteiger partial charge on any atom is -0.316 e. The lowest BCUT2D eigenvalue weighted by molar-refractivity contribution is 0.452. The summed E-state index contributed by atoms with van der Waals surface area (Å²) >= 11 is 0. The average molecular weight is 193 g/mol. The average Bonchev–Trinajstić information content (AvgIpc) is 2.68. The lowest BCUT2D eigenvalue weighted by Crippen LogP contribution is -2.29. The number of aryl methyl sites for hydroxylation is 1. The number of aromatic amines is 1. The lowest BCUT2D eigenvalue weighted by atomic mass is 9.93. The fourth-order valence-corrected chi connectivity index (χ4v) is 2.24. The maximum atomic E-state index is 4.16. The Morgan fingerprint density at radius 2 is 2.50 bits per heavy atom. The minimum absolute atomic E-state index is 0.660. The normalized spacial score (nSPS) is 22.5. The summed E-state index contributed by atoms with van der Waals surface area (Å²) in [5, 5.41) is 10.8. The maximum Gasteiger partial charge on any atom is 0.0522 e. The molecule has 0 aromatic carbocycles. The molecule has 3 nitrogen and oxygen atoms in total. The molecule has 0 bridgehead atoms. The van der Waals surface area contributed by atoms with Crippen LogP contribution in [0.25, 0.3) is 0 Å². The Hall–Kier alpha value is -0.830. The van der Waals surface area contributed by atoms with E-state index in [1.807, 2.05) is 6.20 Å². The number of nitrogens with one attached hydrogen (secondary N) is 2. The Morgan fingerprint density at radius 3 is 3.21 bits per heavy atom. The summed E-state index contributed by atoms with van der Waals surface area (Å²) in [4.78, 5) is 0. The monoisotopic (exact) mass is 193 g/mol. The molecule has 1 unspecified atom stereocenters. The molecule has 1 aromatic heterocycles. The predicted molar refractivity (Wildman–Crippen MR) is 57.4 cm³/mol. The van der Waals surface area contributed by atoms with E-state index in [4.69, 9.17) is 0 Å². The minimum atomic E-state index is 0.660. The molecule has 0 spiro atoms. The number of H-pyrrole nitrogens is 1. The van der Waals surface area contributed by atoms with Crippen LogP contribution in [0.15, 0.2) is 6.20 Å². The molecule has 0 radical (unpaired) electrons. The van der Waals surface area contributed by atoms with Gasteiger partial charge in [-0.1, -0.05) is 13.3 Å². The van der Waals surface area contributed by atoms with E-state index >= 15 is 0 Å². The van der Waals surface area contributed by atoms with E-state index in [1.54, 1.807) is 0 Å². The van der Waals surface area contributed by atoms with Gasteiger partial charge in [-0.15, -0.1) is 0 Å². The molecule has 0 aliphatic carbocycles. The van der Waals surface area contributed by atoms with E-state index in [-0.39, 0.29) is 0 Å². The molecular formula is C11H19N3. The Balaban J connectivity index is 2.09. The van der Waals surface area contributed by atoms with Crippen LogP contribution < -0.4 is 5.32 Å². The molecule has 1 fully saturated rings. The van der Waals surface area contributed by atoms with E-state index in [9.17, 15) is 0 Å². The number of nitrogens with zero attached hydrogens (tertiary/aromatic N) is 1. The van der Waals surface area contributed by atoms with Crippen LogP contribution in [-0.4, -0.2) is 23.3 Å². The van der Waals surface area contributed by atoms with Gasteiger partial charge in [-0.3, -0.25) is 5.10 Å². The zero-order valence-corrected chi connectivity index (χ0v) is 8.84. The second kappa shape index (κ2) is 4.60. The Morgan fingerprint density at radius 1 is 1.57 bits per heavy atom. The summed E-state index contributed by atoms with van der Waals surface area (Å²) in [6, 6.07) is 0. The van der Waals surface area contributed by atoms with Crippen molar-refractivity contribution in [2.45, 2.75) is 38.5 Å². The molecule has 0 saturated carbocycles. The van der Waals surface area contributed by atoms with Crippen LogP contribution in [0.5, 0.6) is 0 Å². The summed E-state index contributed by atoms with van der Waals surface area (Å²) in [5.41, 5.74) is 2.79. The van der Waals surface area contributed by atoms with Crippen molar-refractivity contribution >= 4 is 0 Å². The maximum absolute atomic E-state index is 4.16. The van der Waals surface area contributed by atoms with Crippen molar-refractivity contribution in [1.82, 2.24) is 15.5 Å². The fraction of sp³-hybridized carbons (Fsp3) is 0.727. The van der Waals surface area contributed by atoms with Gasteiger partial charge in [0.25, 0.3) is 0 Å². The van der Waals surface area contributed by atoms with Gasteiger partial charge in [0.05, 0.1) is 6.20 Å². The highest BCUT2D eigenvalue weighted by Crippen LogP contribution is 2.24. The van der Waals surface area contributed by atoms with Gasteiger partial charge >= 0.3 is 0 Å². The highest BCUT2D eigenvalue weighted by atomic mass is 15.1. The summed E-state index contributed by atoms with van der Waals surface area (Å²) in [5.74, 6) is 0.660. The third kappa shape index (κ3) is 1.98. The molecule has 1 aliphatic rings. The van der Waals surface area contributed by atoms with Crippen LogP contribution in [0.3, 0.4) is 0 Å². The molecule has 3 heteroatoms. The van der Waals surface area contributed by atoms with E-state index in [0.717, 1.165) is 13.0 Å². The van der Waals surface area contributed by atoms with Crippen molar-refractivity contribution in [2.24, 2.45) is 0 Å². The second-order valence-electron chi connectivity index (χ2n) is 4.10. The van der Waals surface area contributed by atoms with Crippen LogP contribution in [0.2, 0.25) is 0 Å². The Bertz CT molecular complexity index is 274. The first-order valence-corrected chi connectivity index (χ1v) is 5.64. The molecule has 78 valence electrons. The summed E-state index contributed by atoms with van der Waals surface area (Å²) in [6.45, 7) is 4.50. The van der Waals surface area contributed by atoms with Gasteiger partial charge < -0.3 is 5.32 Å². The number of hydrogen-bond donors (Lipinski definition) is 2. The van der Waals surface area contributed by atoms with E-state index in [1.165, 1.54) is 37.1 Å². The standard InChI is InChI=1S/C11H19N3/c1-2-4-9-8-13-14-11(9)10-5-3-6-12-7-10/h8,10,12H,2-7H2,1H3,(H,13,14). The molecule has 2 N–H and O–H groups in total. The van der Waals surface area contributed by atoms with Crippen LogP contribution in [0, 0.1) is 0 Å². The van der Waals surface area contributed by atoms with Crippen LogP contribution >= 0.6 is 0 Å². The van der Waals surface area contributed by atoms with Crippen LogP contribution in [0.4, 0.5) is 0 Å². The van der Waals surface area contributed by atoms with Crippen LogP contribution in [0.1, 0.15) is 43.4 Å². The molecule has 1 saturated heterocycles. The quantitative estimate of drug-likeness (QED) is 0.769. The molecule has 0 amide bonds. The Kier molecular flexibility index (Phi) is 3.19.